The SMILES string of the molecule is COCCN1C[C@@H](CC(=O)Cc2c(C)c(-c3cnc(OC)nc3)nn2-c2ccccc2)[C@H](c2cc(F)nc(F)c2)O1. The molecule has 0 N–H and O–H groups in total. The number of halogens is 2. The van der Waals surface area contributed by atoms with Gasteiger partial charge in [0, 0.05) is 56.9 Å². The van der Waals surface area contributed by atoms with E-state index >= 15 is 0 Å². The number of rotatable bonds is 11. The molecule has 1 fully saturated rings. The third-order valence-corrected chi connectivity index (χ3v) is 6.97. The molecule has 3 aromatic heterocycles. The molecule has 10 nitrogen and oxygen atoms in total. The van der Waals surface area contributed by atoms with Gasteiger partial charge < -0.3 is 9.47 Å². The number of hydrogen-bond donors (Lipinski definition) is 0. The van der Waals surface area contributed by atoms with Gasteiger partial charge in [0.05, 0.1) is 30.8 Å². The summed E-state index contributed by atoms with van der Waals surface area (Å²) in [5.74, 6) is -2.30. The molecular formula is C29H30F2N6O4. The first kappa shape index (κ1) is 28.4. The summed E-state index contributed by atoms with van der Waals surface area (Å²) in [5, 5.41) is 6.50. The molecule has 4 heterocycles. The third-order valence-electron chi connectivity index (χ3n) is 6.97. The fourth-order valence-corrected chi connectivity index (χ4v) is 5.03. The average Bonchev–Trinajstić information content (AvgIpc) is 3.52. The van der Waals surface area contributed by atoms with Crippen molar-refractivity contribution >= 4 is 5.78 Å². The van der Waals surface area contributed by atoms with Crippen molar-refractivity contribution in [3.63, 3.8) is 0 Å². The number of para-hydroxylation sites is 1. The minimum Gasteiger partial charge on any atom is -0.467 e. The summed E-state index contributed by atoms with van der Waals surface area (Å²) in [6, 6.07) is 12.1. The van der Waals surface area contributed by atoms with Crippen molar-refractivity contribution in [2.24, 2.45) is 5.92 Å². The Morgan fingerprint density at radius 1 is 1.10 bits per heavy atom. The number of methoxy groups -OCH3 is 2. The highest BCUT2D eigenvalue weighted by atomic mass is 19.1. The molecule has 1 aliphatic heterocycles. The van der Waals surface area contributed by atoms with Crippen molar-refractivity contribution < 1.29 is 27.9 Å². The molecule has 214 valence electrons. The van der Waals surface area contributed by atoms with Crippen molar-refractivity contribution in [1.82, 2.24) is 29.8 Å². The van der Waals surface area contributed by atoms with E-state index in [4.69, 9.17) is 19.4 Å². The van der Waals surface area contributed by atoms with E-state index in [1.54, 1.807) is 29.2 Å². The summed E-state index contributed by atoms with van der Waals surface area (Å²) < 4.78 is 39.9. The van der Waals surface area contributed by atoms with Crippen LogP contribution in [0.5, 0.6) is 6.01 Å². The number of nitrogens with zero attached hydrogens (tertiary/aromatic N) is 6. The van der Waals surface area contributed by atoms with Crippen LogP contribution >= 0.6 is 0 Å². The quantitative estimate of drug-likeness (QED) is 0.249. The Labute approximate surface area is 235 Å². The number of hydrogen-bond acceptors (Lipinski definition) is 9. The van der Waals surface area contributed by atoms with Crippen LogP contribution in [-0.4, -0.2) is 69.5 Å². The van der Waals surface area contributed by atoms with Gasteiger partial charge in [0.15, 0.2) is 0 Å². The number of benzene rings is 1. The number of hydroxylamine groups is 2. The number of Topliss-reactive ketones (excluding diaryl/α,β-unsaturated/α-hetero) is 1. The van der Waals surface area contributed by atoms with Crippen molar-refractivity contribution in [2.45, 2.75) is 25.9 Å². The molecule has 0 aliphatic carbocycles. The van der Waals surface area contributed by atoms with Gasteiger partial charge in [-0.1, -0.05) is 18.2 Å². The zero-order valence-electron chi connectivity index (χ0n) is 23.0. The van der Waals surface area contributed by atoms with Crippen LogP contribution < -0.4 is 4.74 Å². The van der Waals surface area contributed by atoms with Gasteiger partial charge in [0.25, 0.3) is 0 Å². The molecule has 1 saturated heterocycles. The molecule has 0 amide bonds. The highest BCUT2D eigenvalue weighted by Crippen LogP contribution is 2.37. The lowest BCUT2D eigenvalue weighted by Gasteiger charge is -2.18. The zero-order valence-corrected chi connectivity index (χ0v) is 23.0. The van der Waals surface area contributed by atoms with Gasteiger partial charge >= 0.3 is 6.01 Å². The van der Waals surface area contributed by atoms with E-state index in [0.717, 1.165) is 29.1 Å². The second-order valence-corrected chi connectivity index (χ2v) is 9.76. The molecule has 1 aromatic carbocycles. The maximum Gasteiger partial charge on any atom is 0.316 e. The Hall–Kier alpha value is -4.13. The molecule has 1 aliphatic rings. The predicted molar refractivity (Wildman–Crippen MR) is 144 cm³/mol. The first-order chi connectivity index (χ1) is 19.9. The average molecular weight is 565 g/mol. The smallest absolute Gasteiger partial charge is 0.316 e. The Morgan fingerprint density at radius 2 is 1.80 bits per heavy atom. The number of carbonyl (C=O) groups excluding carboxylic acids is 1. The predicted octanol–water partition coefficient (Wildman–Crippen LogP) is 4.07. The number of carbonyl (C=O) groups is 1. The van der Waals surface area contributed by atoms with Crippen LogP contribution in [0.3, 0.4) is 0 Å². The maximum atomic E-state index is 14.0. The van der Waals surface area contributed by atoms with Gasteiger partial charge in [-0.05, 0) is 42.3 Å². The minimum atomic E-state index is -0.943. The molecule has 12 heteroatoms. The van der Waals surface area contributed by atoms with Crippen LogP contribution in [0.25, 0.3) is 16.9 Å². The van der Waals surface area contributed by atoms with E-state index in [-0.39, 0.29) is 30.6 Å². The Kier molecular flexibility index (Phi) is 8.72. The van der Waals surface area contributed by atoms with E-state index in [1.807, 2.05) is 37.3 Å². The second-order valence-electron chi connectivity index (χ2n) is 9.76. The highest BCUT2D eigenvalue weighted by molar-refractivity contribution is 5.82. The first-order valence-electron chi connectivity index (χ1n) is 13.1. The van der Waals surface area contributed by atoms with Crippen molar-refractivity contribution in [3.05, 3.63) is 83.6 Å². The molecule has 0 unspecified atom stereocenters. The van der Waals surface area contributed by atoms with E-state index in [0.29, 0.717) is 36.5 Å². The number of ketones is 1. The van der Waals surface area contributed by atoms with Gasteiger partial charge in [-0.15, -0.1) is 0 Å². The molecule has 0 spiro atoms. The van der Waals surface area contributed by atoms with E-state index in [2.05, 4.69) is 15.0 Å². The lowest BCUT2D eigenvalue weighted by Crippen LogP contribution is -2.24. The van der Waals surface area contributed by atoms with Crippen LogP contribution in [0.1, 0.15) is 29.3 Å². The largest absolute Gasteiger partial charge is 0.467 e. The summed E-state index contributed by atoms with van der Waals surface area (Å²) in [7, 11) is 3.07. The van der Waals surface area contributed by atoms with Crippen molar-refractivity contribution in [3.8, 4) is 23.0 Å². The fraction of sp³-hybridized carbons (Fsp3) is 0.345. The molecular weight excluding hydrogens is 534 g/mol. The second kappa shape index (κ2) is 12.6. The summed E-state index contributed by atoms with van der Waals surface area (Å²) in [6.45, 7) is 3.16. The number of ether oxygens (including phenoxy) is 2. The first-order valence-corrected chi connectivity index (χ1v) is 13.1. The molecule has 5 rings (SSSR count). The van der Waals surface area contributed by atoms with Crippen LogP contribution in [-0.2, 0) is 20.8 Å². The van der Waals surface area contributed by atoms with Gasteiger partial charge in [-0.3, -0.25) is 9.63 Å². The molecule has 0 bridgehead atoms. The Bertz CT molecular complexity index is 1480. The Morgan fingerprint density at radius 3 is 2.46 bits per heavy atom. The van der Waals surface area contributed by atoms with E-state index < -0.39 is 18.0 Å². The number of pyridine rings is 1. The normalized spacial score (nSPS) is 17.2. The molecule has 41 heavy (non-hydrogen) atoms. The van der Waals surface area contributed by atoms with Crippen LogP contribution in [0.15, 0.2) is 54.9 Å². The molecule has 0 radical (unpaired) electrons. The number of aromatic nitrogens is 5. The highest BCUT2D eigenvalue weighted by Gasteiger charge is 2.37. The lowest BCUT2D eigenvalue weighted by molar-refractivity contribution is -0.155. The molecule has 0 saturated carbocycles. The standard InChI is InChI=1S/C29H30F2N6O4/c1-18-24(37(22-7-5-4-6-8-22)35-27(18)21-15-32-29(40-3)33-16-21)14-23(38)11-20-17-36(9-10-39-2)41-28(20)19-12-25(30)34-26(31)13-19/h4-8,12-13,15-16,20,28H,9-11,14,17H2,1-3H3/t20-,28+/m1/s1. The van der Waals surface area contributed by atoms with Crippen molar-refractivity contribution in [2.75, 3.05) is 33.9 Å². The summed E-state index contributed by atoms with van der Waals surface area (Å²) in [4.78, 5) is 31.2. The summed E-state index contributed by atoms with van der Waals surface area (Å²) in [6.07, 6.45) is 2.76. The zero-order chi connectivity index (χ0) is 28.9. The topological polar surface area (TPSA) is 104 Å². The van der Waals surface area contributed by atoms with E-state index in [9.17, 15) is 13.6 Å². The van der Waals surface area contributed by atoms with Gasteiger partial charge in [-0.2, -0.15) is 23.9 Å². The fourth-order valence-electron chi connectivity index (χ4n) is 5.03. The summed E-state index contributed by atoms with van der Waals surface area (Å²) in [5.41, 5.74) is 3.96. The minimum absolute atomic E-state index is 0.0649. The van der Waals surface area contributed by atoms with Gasteiger partial charge in [0.2, 0.25) is 11.9 Å². The lowest BCUT2D eigenvalue weighted by atomic mass is 9.90. The van der Waals surface area contributed by atoms with Gasteiger partial charge in [0.1, 0.15) is 11.9 Å². The summed E-state index contributed by atoms with van der Waals surface area (Å²) >= 11 is 0. The Balaban J connectivity index is 1.43. The molecule has 2 atom stereocenters. The van der Waals surface area contributed by atoms with Crippen LogP contribution in [0.4, 0.5) is 8.78 Å². The molecule has 4 aromatic rings. The maximum absolute atomic E-state index is 14.0. The van der Waals surface area contributed by atoms with Gasteiger partial charge in [-0.25, -0.2) is 14.6 Å². The van der Waals surface area contributed by atoms with E-state index in [1.165, 1.54) is 7.11 Å². The van der Waals surface area contributed by atoms with Crippen LogP contribution in [0, 0.1) is 24.7 Å². The van der Waals surface area contributed by atoms with Crippen molar-refractivity contribution in [1.29, 1.82) is 0 Å². The third kappa shape index (κ3) is 6.45. The monoisotopic (exact) mass is 564 g/mol. The van der Waals surface area contributed by atoms with Crippen LogP contribution in [0.2, 0.25) is 0 Å².